The van der Waals surface area contributed by atoms with Crippen LogP contribution in [0.3, 0.4) is 0 Å². The first-order chi connectivity index (χ1) is 10.1. The highest BCUT2D eigenvalue weighted by atomic mass is 32.2. The summed E-state index contributed by atoms with van der Waals surface area (Å²) in [5.41, 5.74) is 6.94. The van der Waals surface area contributed by atoms with Gasteiger partial charge in [0, 0.05) is 12.0 Å². The van der Waals surface area contributed by atoms with Crippen molar-refractivity contribution in [2.45, 2.75) is 56.4 Å². The molecule has 0 saturated heterocycles. The summed E-state index contributed by atoms with van der Waals surface area (Å²) in [7, 11) is 0. The van der Waals surface area contributed by atoms with E-state index in [1.165, 1.54) is 25.7 Å². The lowest BCUT2D eigenvalue weighted by molar-refractivity contribution is 0.0972. The van der Waals surface area contributed by atoms with Crippen molar-refractivity contribution >= 4 is 39.6 Å². The van der Waals surface area contributed by atoms with Crippen LogP contribution in [-0.2, 0) is 0 Å². The maximum absolute atomic E-state index is 12.3. The van der Waals surface area contributed by atoms with Gasteiger partial charge in [0.25, 0.3) is 0 Å². The molecule has 1 aromatic rings. The molecule has 21 heavy (non-hydrogen) atoms. The van der Waals surface area contributed by atoms with Gasteiger partial charge >= 0.3 is 0 Å². The van der Waals surface area contributed by atoms with Gasteiger partial charge in [-0.15, -0.1) is 23.1 Å². The number of nitrogens with one attached hydrogen (secondary N) is 1. The monoisotopic (exact) mass is 324 g/mol. The Bertz CT molecular complexity index is 529. The van der Waals surface area contributed by atoms with Crippen molar-refractivity contribution in [1.82, 2.24) is 0 Å². The minimum Gasteiger partial charge on any atom is -0.396 e. The normalized spacial score (nSPS) is 25.8. The van der Waals surface area contributed by atoms with Crippen LogP contribution in [0.4, 0.5) is 10.7 Å². The van der Waals surface area contributed by atoms with E-state index >= 15 is 0 Å². The fourth-order valence-corrected chi connectivity index (χ4v) is 5.15. The molecule has 0 unspecified atom stereocenters. The van der Waals surface area contributed by atoms with E-state index in [-0.39, 0.29) is 11.7 Å². The summed E-state index contributed by atoms with van der Waals surface area (Å²) in [6.07, 6.45) is 9.14. The van der Waals surface area contributed by atoms with E-state index in [1.807, 2.05) is 6.26 Å². The smallest absolute Gasteiger partial charge is 0.178 e. The third kappa shape index (κ3) is 3.24. The number of carbonyl (C=O) groups excluding carboxylic acids is 1. The standard InChI is InChI=1S/C16H24N2OS2/c1-9-3-7-11(8-4-9)18-16-15(20-2)12(17)14(21-16)13(19)10-5-6-10/h9-11,18H,3-8,17H2,1-2H3. The first-order valence-electron chi connectivity index (χ1n) is 7.87. The second-order valence-electron chi connectivity index (χ2n) is 6.45. The van der Waals surface area contributed by atoms with Crippen LogP contribution >= 0.6 is 23.1 Å². The maximum atomic E-state index is 12.3. The molecule has 0 aromatic carbocycles. The van der Waals surface area contributed by atoms with Gasteiger partial charge in [0.2, 0.25) is 0 Å². The molecule has 3 N–H and O–H groups in total. The van der Waals surface area contributed by atoms with Crippen molar-refractivity contribution in [1.29, 1.82) is 0 Å². The molecule has 3 nitrogen and oxygen atoms in total. The number of hydrogen-bond donors (Lipinski definition) is 2. The third-order valence-electron chi connectivity index (χ3n) is 4.63. The number of thiophene rings is 1. The number of rotatable bonds is 5. The van der Waals surface area contributed by atoms with Gasteiger partial charge in [-0.05, 0) is 50.7 Å². The number of anilines is 2. The van der Waals surface area contributed by atoms with E-state index < -0.39 is 0 Å². The molecule has 1 heterocycles. The minimum atomic E-state index is 0.240. The van der Waals surface area contributed by atoms with E-state index in [9.17, 15) is 4.79 Å². The maximum Gasteiger partial charge on any atom is 0.178 e. The number of nitrogen functional groups attached to an aromatic ring is 1. The van der Waals surface area contributed by atoms with Crippen molar-refractivity contribution in [2.75, 3.05) is 17.3 Å². The van der Waals surface area contributed by atoms with Gasteiger partial charge in [0.1, 0.15) is 5.00 Å². The third-order valence-corrected chi connectivity index (χ3v) is 6.74. The minimum absolute atomic E-state index is 0.240. The zero-order chi connectivity index (χ0) is 15.0. The largest absolute Gasteiger partial charge is 0.396 e. The Morgan fingerprint density at radius 2 is 1.90 bits per heavy atom. The summed E-state index contributed by atoms with van der Waals surface area (Å²) >= 11 is 3.23. The molecule has 2 saturated carbocycles. The topological polar surface area (TPSA) is 55.1 Å². The summed E-state index contributed by atoms with van der Waals surface area (Å²) in [6, 6.07) is 0.536. The van der Waals surface area contributed by atoms with Crippen LogP contribution in [0.5, 0.6) is 0 Å². The van der Waals surface area contributed by atoms with Crippen molar-refractivity contribution in [3.05, 3.63) is 4.88 Å². The molecule has 0 spiro atoms. The van der Waals surface area contributed by atoms with Crippen molar-refractivity contribution in [2.24, 2.45) is 11.8 Å². The molecule has 0 aliphatic heterocycles. The predicted molar refractivity (Wildman–Crippen MR) is 92.6 cm³/mol. The summed E-state index contributed by atoms with van der Waals surface area (Å²) in [5.74, 6) is 1.35. The second-order valence-corrected chi connectivity index (χ2v) is 8.28. The van der Waals surface area contributed by atoms with Crippen molar-refractivity contribution in [3.8, 4) is 0 Å². The molecule has 0 bridgehead atoms. The van der Waals surface area contributed by atoms with Crippen molar-refractivity contribution in [3.63, 3.8) is 0 Å². The molecule has 0 radical (unpaired) electrons. The van der Waals surface area contributed by atoms with Crippen LogP contribution in [-0.4, -0.2) is 18.1 Å². The lowest BCUT2D eigenvalue weighted by Gasteiger charge is -2.27. The van der Waals surface area contributed by atoms with Crippen LogP contribution < -0.4 is 11.1 Å². The molecule has 116 valence electrons. The molecule has 5 heteroatoms. The van der Waals surface area contributed by atoms with Crippen LogP contribution in [0.15, 0.2) is 4.90 Å². The fourth-order valence-electron chi connectivity index (χ4n) is 3.03. The molecular weight excluding hydrogens is 300 g/mol. The van der Waals surface area contributed by atoms with Gasteiger partial charge in [-0.1, -0.05) is 6.92 Å². The Hall–Kier alpha value is -0.680. The molecule has 0 amide bonds. The highest BCUT2D eigenvalue weighted by molar-refractivity contribution is 7.99. The SMILES string of the molecule is CSc1c(NC2CCC(C)CC2)sc(C(=O)C2CC2)c1N. The molecule has 1 aromatic heterocycles. The average Bonchev–Trinajstić information content (AvgIpc) is 3.27. The Morgan fingerprint density at radius 1 is 1.24 bits per heavy atom. The lowest BCUT2D eigenvalue weighted by atomic mass is 9.87. The molecule has 0 atom stereocenters. The van der Waals surface area contributed by atoms with Crippen molar-refractivity contribution < 1.29 is 4.79 Å². The van der Waals surface area contributed by atoms with Gasteiger partial charge in [-0.3, -0.25) is 4.79 Å². The molecule has 2 aliphatic rings. The van der Waals surface area contributed by atoms with Gasteiger partial charge in [0.15, 0.2) is 5.78 Å². The zero-order valence-corrected chi connectivity index (χ0v) is 14.4. The lowest BCUT2D eigenvalue weighted by Crippen LogP contribution is -2.24. The summed E-state index contributed by atoms with van der Waals surface area (Å²) < 4.78 is 0. The number of carbonyl (C=O) groups is 1. The van der Waals surface area contributed by atoms with E-state index in [2.05, 4.69) is 12.2 Å². The van der Waals surface area contributed by atoms with Gasteiger partial charge in [-0.25, -0.2) is 0 Å². The van der Waals surface area contributed by atoms with E-state index in [4.69, 9.17) is 5.73 Å². The second kappa shape index (κ2) is 6.21. The number of nitrogens with two attached hydrogens (primary N) is 1. The Balaban J connectivity index is 1.77. The molecular formula is C16H24N2OS2. The summed E-state index contributed by atoms with van der Waals surface area (Å²) in [5, 5.41) is 4.78. The Kier molecular flexibility index (Phi) is 4.50. The number of hydrogen-bond acceptors (Lipinski definition) is 5. The van der Waals surface area contributed by atoms with Gasteiger partial charge in [-0.2, -0.15) is 0 Å². The first-order valence-corrected chi connectivity index (χ1v) is 9.91. The quantitative estimate of drug-likeness (QED) is 0.612. The van der Waals surface area contributed by atoms with Crippen LogP contribution in [0, 0.1) is 11.8 Å². The summed E-state index contributed by atoms with van der Waals surface area (Å²) in [4.78, 5) is 14.2. The van der Waals surface area contributed by atoms with Crippen LogP contribution in [0.25, 0.3) is 0 Å². The van der Waals surface area contributed by atoms with Gasteiger partial charge < -0.3 is 11.1 Å². The highest BCUT2D eigenvalue weighted by Gasteiger charge is 2.34. The highest BCUT2D eigenvalue weighted by Crippen LogP contribution is 2.46. The van der Waals surface area contributed by atoms with E-state index in [0.29, 0.717) is 11.7 Å². The average molecular weight is 325 g/mol. The van der Waals surface area contributed by atoms with Crippen LogP contribution in [0.1, 0.15) is 55.1 Å². The van der Waals surface area contributed by atoms with Gasteiger partial charge in [0.05, 0.1) is 15.5 Å². The van der Waals surface area contributed by atoms with E-state index in [1.54, 1.807) is 23.1 Å². The zero-order valence-electron chi connectivity index (χ0n) is 12.8. The fraction of sp³-hybridized carbons (Fsp3) is 0.688. The van der Waals surface area contributed by atoms with E-state index in [0.717, 1.165) is 33.5 Å². The first kappa shape index (κ1) is 15.2. The molecule has 2 fully saturated rings. The predicted octanol–water partition coefficient (Wildman–Crippen LogP) is 4.64. The van der Waals surface area contributed by atoms with Crippen LogP contribution in [0.2, 0.25) is 0 Å². The summed E-state index contributed by atoms with van der Waals surface area (Å²) in [6.45, 7) is 2.33. The molecule has 2 aliphatic carbocycles. The number of Topliss-reactive ketones (excluding diaryl/α,β-unsaturated/α-hetero) is 1. The molecule has 3 rings (SSSR count). The Labute approximate surface area is 135 Å². The number of thioether (sulfide) groups is 1. The Morgan fingerprint density at radius 3 is 2.48 bits per heavy atom. The number of ketones is 1.